The van der Waals surface area contributed by atoms with E-state index in [-0.39, 0.29) is 0 Å². The SMILES string of the molecule is CC(=O)NC(CC(=O)c1cc(F)ccc1F)C(=O)O. The Morgan fingerprint density at radius 1 is 1.32 bits per heavy atom. The van der Waals surface area contributed by atoms with Crippen LogP contribution in [0.5, 0.6) is 0 Å². The summed E-state index contributed by atoms with van der Waals surface area (Å²) in [5, 5.41) is 10.8. The number of carbonyl (C=O) groups excluding carboxylic acids is 2. The molecule has 0 aliphatic rings. The van der Waals surface area contributed by atoms with Crippen LogP contribution in [0.3, 0.4) is 0 Å². The second-order valence-corrected chi connectivity index (χ2v) is 3.84. The van der Waals surface area contributed by atoms with Gasteiger partial charge in [0.05, 0.1) is 5.56 Å². The maximum absolute atomic E-state index is 13.3. The summed E-state index contributed by atoms with van der Waals surface area (Å²) in [7, 11) is 0. The molecule has 0 heterocycles. The lowest BCUT2D eigenvalue weighted by molar-refractivity contribution is -0.141. The molecule has 19 heavy (non-hydrogen) atoms. The number of nitrogens with one attached hydrogen (secondary N) is 1. The minimum atomic E-state index is -1.48. The summed E-state index contributed by atoms with van der Waals surface area (Å²) < 4.78 is 26.2. The number of benzene rings is 1. The van der Waals surface area contributed by atoms with Gasteiger partial charge in [-0.1, -0.05) is 0 Å². The lowest BCUT2D eigenvalue weighted by Crippen LogP contribution is -2.41. The van der Waals surface area contributed by atoms with E-state index in [0.29, 0.717) is 6.07 Å². The number of Topliss-reactive ketones (excluding diaryl/α,β-unsaturated/α-hetero) is 1. The van der Waals surface area contributed by atoms with Crippen LogP contribution in [0.1, 0.15) is 23.7 Å². The molecule has 1 aromatic rings. The van der Waals surface area contributed by atoms with Gasteiger partial charge in [-0.3, -0.25) is 9.59 Å². The van der Waals surface area contributed by atoms with Crippen LogP contribution in [-0.4, -0.2) is 28.8 Å². The van der Waals surface area contributed by atoms with Crippen LogP contribution in [0.2, 0.25) is 0 Å². The van der Waals surface area contributed by atoms with Crippen molar-refractivity contribution in [2.75, 3.05) is 0 Å². The molecule has 102 valence electrons. The third-order valence-corrected chi connectivity index (χ3v) is 2.29. The second kappa shape index (κ2) is 6.03. The molecular formula is C12H11F2NO4. The molecule has 0 spiro atoms. The van der Waals surface area contributed by atoms with Crippen LogP contribution in [-0.2, 0) is 9.59 Å². The molecule has 0 bridgehead atoms. The van der Waals surface area contributed by atoms with Gasteiger partial charge in [0.15, 0.2) is 5.78 Å². The summed E-state index contributed by atoms with van der Waals surface area (Å²) in [4.78, 5) is 33.3. The van der Waals surface area contributed by atoms with Gasteiger partial charge in [0.2, 0.25) is 5.91 Å². The first-order valence-electron chi connectivity index (χ1n) is 5.29. The van der Waals surface area contributed by atoms with E-state index in [1.807, 2.05) is 5.32 Å². The molecule has 5 nitrogen and oxygen atoms in total. The highest BCUT2D eigenvalue weighted by Gasteiger charge is 2.24. The molecule has 0 saturated carbocycles. The normalized spacial score (nSPS) is 11.7. The fourth-order valence-corrected chi connectivity index (χ4v) is 1.45. The van der Waals surface area contributed by atoms with Gasteiger partial charge in [-0.25, -0.2) is 13.6 Å². The van der Waals surface area contributed by atoms with E-state index in [1.54, 1.807) is 0 Å². The molecular weight excluding hydrogens is 260 g/mol. The topological polar surface area (TPSA) is 83.5 Å². The Morgan fingerprint density at radius 3 is 2.47 bits per heavy atom. The number of ketones is 1. The van der Waals surface area contributed by atoms with Gasteiger partial charge in [0, 0.05) is 13.3 Å². The number of halogens is 2. The van der Waals surface area contributed by atoms with Gasteiger partial charge in [0.1, 0.15) is 17.7 Å². The first-order chi connectivity index (χ1) is 8.81. The Labute approximate surface area is 107 Å². The van der Waals surface area contributed by atoms with E-state index >= 15 is 0 Å². The van der Waals surface area contributed by atoms with Crippen molar-refractivity contribution >= 4 is 17.7 Å². The third-order valence-electron chi connectivity index (χ3n) is 2.29. The predicted octanol–water partition coefficient (Wildman–Crippen LogP) is 1.13. The standard InChI is InChI=1S/C12H11F2NO4/c1-6(16)15-10(12(18)19)5-11(17)8-4-7(13)2-3-9(8)14/h2-4,10H,5H2,1H3,(H,15,16)(H,18,19). The molecule has 0 aliphatic carbocycles. The number of carbonyl (C=O) groups is 3. The van der Waals surface area contributed by atoms with E-state index in [1.165, 1.54) is 0 Å². The van der Waals surface area contributed by atoms with Gasteiger partial charge in [0.25, 0.3) is 0 Å². The summed E-state index contributed by atoms with van der Waals surface area (Å²) in [6, 6.07) is 0.822. The molecule has 1 unspecified atom stereocenters. The van der Waals surface area contributed by atoms with Crippen molar-refractivity contribution in [2.45, 2.75) is 19.4 Å². The Bertz CT molecular complexity index is 530. The average molecular weight is 271 g/mol. The minimum Gasteiger partial charge on any atom is -0.480 e. The molecule has 0 radical (unpaired) electrons. The zero-order chi connectivity index (χ0) is 14.6. The Kier molecular flexibility index (Phi) is 4.68. The van der Waals surface area contributed by atoms with Crippen molar-refractivity contribution in [1.82, 2.24) is 5.32 Å². The number of rotatable bonds is 5. The van der Waals surface area contributed by atoms with Crippen LogP contribution in [0.4, 0.5) is 8.78 Å². The Balaban J connectivity index is 2.90. The fourth-order valence-electron chi connectivity index (χ4n) is 1.45. The molecule has 0 aromatic heterocycles. The van der Waals surface area contributed by atoms with E-state index in [4.69, 9.17) is 5.11 Å². The summed E-state index contributed by atoms with van der Waals surface area (Å²) in [6.45, 7) is 1.09. The first kappa shape index (κ1) is 14.7. The number of aliphatic carboxylic acids is 1. The van der Waals surface area contributed by atoms with Crippen molar-refractivity contribution in [1.29, 1.82) is 0 Å². The molecule has 1 atom stereocenters. The van der Waals surface area contributed by atoms with Crippen molar-refractivity contribution in [3.05, 3.63) is 35.4 Å². The largest absolute Gasteiger partial charge is 0.480 e. The zero-order valence-corrected chi connectivity index (χ0v) is 9.94. The molecule has 2 N–H and O–H groups in total. The highest BCUT2D eigenvalue weighted by molar-refractivity contribution is 5.99. The van der Waals surface area contributed by atoms with E-state index in [9.17, 15) is 23.2 Å². The number of carboxylic acids is 1. The van der Waals surface area contributed by atoms with Gasteiger partial charge in [-0.15, -0.1) is 0 Å². The second-order valence-electron chi connectivity index (χ2n) is 3.84. The van der Waals surface area contributed by atoms with Crippen LogP contribution >= 0.6 is 0 Å². The molecule has 0 aliphatic heterocycles. The predicted molar refractivity (Wildman–Crippen MR) is 60.5 cm³/mol. The lowest BCUT2D eigenvalue weighted by atomic mass is 10.0. The lowest BCUT2D eigenvalue weighted by Gasteiger charge is -2.12. The summed E-state index contributed by atoms with van der Waals surface area (Å²) in [5.41, 5.74) is -0.545. The maximum Gasteiger partial charge on any atom is 0.326 e. The van der Waals surface area contributed by atoms with Crippen LogP contribution < -0.4 is 5.32 Å². The van der Waals surface area contributed by atoms with Gasteiger partial charge < -0.3 is 10.4 Å². The quantitative estimate of drug-likeness (QED) is 0.786. The Morgan fingerprint density at radius 2 is 1.95 bits per heavy atom. The average Bonchev–Trinajstić information content (AvgIpc) is 2.30. The zero-order valence-electron chi connectivity index (χ0n) is 9.94. The summed E-state index contributed by atoms with van der Waals surface area (Å²) >= 11 is 0. The van der Waals surface area contributed by atoms with Gasteiger partial charge in [-0.05, 0) is 18.2 Å². The maximum atomic E-state index is 13.3. The molecule has 1 aromatic carbocycles. The van der Waals surface area contributed by atoms with Gasteiger partial charge >= 0.3 is 5.97 Å². The van der Waals surface area contributed by atoms with E-state index in [2.05, 4.69) is 0 Å². The Hall–Kier alpha value is -2.31. The molecule has 0 saturated heterocycles. The van der Waals surface area contributed by atoms with Crippen molar-refractivity contribution < 1.29 is 28.3 Å². The molecule has 0 fully saturated rings. The minimum absolute atomic E-state index is 0.545. The number of hydrogen-bond donors (Lipinski definition) is 2. The summed E-state index contributed by atoms with van der Waals surface area (Å²) in [6.07, 6.45) is -0.657. The van der Waals surface area contributed by atoms with E-state index in [0.717, 1.165) is 19.1 Å². The molecule has 1 rings (SSSR count). The number of carboxylic acid groups (broad SMARTS) is 1. The number of amides is 1. The fraction of sp³-hybridized carbons (Fsp3) is 0.250. The van der Waals surface area contributed by atoms with E-state index < -0.39 is 47.3 Å². The summed E-state index contributed by atoms with van der Waals surface area (Å²) in [5.74, 6) is -4.73. The van der Waals surface area contributed by atoms with Crippen molar-refractivity contribution in [3.63, 3.8) is 0 Å². The van der Waals surface area contributed by atoms with Crippen LogP contribution in [0, 0.1) is 11.6 Å². The highest BCUT2D eigenvalue weighted by atomic mass is 19.1. The smallest absolute Gasteiger partial charge is 0.326 e. The third kappa shape index (κ3) is 4.13. The van der Waals surface area contributed by atoms with Crippen LogP contribution in [0.15, 0.2) is 18.2 Å². The monoisotopic (exact) mass is 271 g/mol. The first-order valence-corrected chi connectivity index (χ1v) is 5.29. The van der Waals surface area contributed by atoms with Crippen molar-refractivity contribution in [2.24, 2.45) is 0 Å². The van der Waals surface area contributed by atoms with Gasteiger partial charge in [-0.2, -0.15) is 0 Å². The molecule has 7 heteroatoms. The van der Waals surface area contributed by atoms with Crippen LogP contribution in [0.25, 0.3) is 0 Å². The number of hydrogen-bond acceptors (Lipinski definition) is 3. The van der Waals surface area contributed by atoms with Crippen molar-refractivity contribution in [3.8, 4) is 0 Å². The highest BCUT2D eigenvalue weighted by Crippen LogP contribution is 2.13. The molecule has 1 amide bonds.